The van der Waals surface area contributed by atoms with E-state index in [0.717, 1.165) is 0 Å². The van der Waals surface area contributed by atoms with Crippen LogP contribution in [-0.4, -0.2) is 25.0 Å². The number of rotatable bonds is 4. The maximum Gasteiger partial charge on any atom is 0.405 e. The summed E-state index contributed by atoms with van der Waals surface area (Å²) in [7, 11) is 0. The van der Waals surface area contributed by atoms with Gasteiger partial charge in [0.2, 0.25) is 0 Å². The van der Waals surface area contributed by atoms with Crippen LogP contribution in [-0.2, 0) is 9.53 Å². The molecule has 1 heterocycles. The van der Waals surface area contributed by atoms with Crippen LogP contribution in [0.3, 0.4) is 0 Å². The van der Waals surface area contributed by atoms with Crippen molar-refractivity contribution in [3.05, 3.63) is 20.9 Å². The molecule has 9 heteroatoms. The summed E-state index contributed by atoms with van der Waals surface area (Å²) in [6.07, 6.45) is 4.96. The predicted octanol–water partition coefficient (Wildman–Crippen LogP) is 0.949. The molecule has 0 atom stereocenters. The lowest BCUT2D eigenvalue weighted by Gasteiger charge is -2.05. The Morgan fingerprint density at radius 3 is 2.60 bits per heavy atom. The lowest BCUT2D eigenvalue weighted by Crippen LogP contribution is -2.30. The highest BCUT2D eigenvalue weighted by Gasteiger charge is 2.27. The van der Waals surface area contributed by atoms with Crippen molar-refractivity contribution in [1.29, 1.82) is 0 Å². The van der Waals surface area contributed by atoms with E-state index < -0.39 is 18.5 Å². The molecule has 1 amide bonds. The molecule has 106 valence electrons. The molecule has 1 rings (SSSR count). The standard InChI is InChI=1S/C11H8Cl3N3O3/c1-2-3-16-5(18)4-20-11(19)9-6(12)8(15)7(13)10(14)17-9/h1H,3-4H2,(H2,15,17)(H,16,18)/p+1. The minimum atomic E-state index is -0.906. The number of carbonyl (C=O) groups is 2. The number of aromatic nitrogens is 1. The number of nitrogen functional groups attached to an aromatic ring is 1. The van der Waals surface area contributed by atoms with Crippen molar-refractivity contribution in [2.45, 2.75) is 0 Å². The van der Waals surface area contributed by atoms with Crippen molar-refractivity contribution in [3.63, 3.8) is 0 Å². The fourth-order valence-electron chi connectivity index (χ4n) is 1.11. The number of carbonyl (C=O) groups excluding carboxylic acids is 2. The smallest absolute Gasteiger partial charge is 0.405 e. The van der Waals surface area contributed by atoms with E-state index in [1.165, 1.54) is 0 Å². The highest BCUT2D eigenvalue weighted by atomic mass is 35.5. The van der Waals surface area contributed by atoms with Crippen LogP contribution in [0, 0.1) is 12.3 Å². The summed E-state index contributed by atoms with van der Waals surface area (Å²) >= 11 is 17.3. The van der Waals surface area contributed by atoms with E-state index in [1.54, 1.807) is 0 Å². The zero-order valence-corrected chi connectivity index (χ0v) is 12.2. The van der Waals surface area contributed by atoms with E-state index in [-0.39, 0.29) is 33.1 Å². The molecule has 0 aromatic carbocycles. The van der Waals surface area contributed by atoms with Crippen LogP contribution in [0.5, 0.6) is 0 Å². The Bertz CT molecular complexity index is 599. The van der Waals surface area contributed by atoms with Gasteiger partial charge in [-0.1, -0.05) is 29.1 Å². The molecular weight excluding hydrogens is 328 g/mol. The molecule has 0 bridgehead atoms. The fraction of sp³-hybridized carbons (Fsp3) is 0.182. The number of terminal acetylenes is 1. The summed E-state index contributed by atoms with van der Waals surface area (Å²) in [6, 6.07) is 0. The minimum Gasteiger partial charge on any atom is -0.448 e. The molecule has 4 N–H and O–H groups in total. The quantitative estimate of drug-likeness (QED) is 0.486. The van der Waals surface area contributed by atoms with E-state index in [4.69, 9.17) is 51.7 Å². The predicted molar refractivity (Wildman–Crippen MR) is 74.6 cm³/mol. The number of H-pyrrole nitrogens is 1. The molecular formula is C11H9Cl3N3O3+. The monoisotopic (exact) mass is 336 g/mol. The maximum absolute atomic E-state index is 11.7. The second-order valence-electron chi connectivity index (χ2n) is 3.41. The van der Waals surface area contributed by atoms with Crippen molar-refractivity contribution in [1.82, 2.24) is 5.32 Å². The summed E-state index contributed by atoms with van der Waals surface area (Å²) < 4.78 is 4.73. The maximum atomic E-state index is 11.7. The van der Waals surface area contributed by atoms with E-state index in [0.29, 0.717) is 0 Å². The van der Waals surface area contributed by atoms with Crippen LogP contribution < -0.4 is 16.0 Å². The molecule has 1 aromatic rings. The second-order valence-corrected chi connectivity index (χ2v) is 4.55. The Kier molecular flexibility index (Phi) is 5.89. The van der Waals surface area contributed by atoms with Crippen molar-refractivity contribution in [2.24, 2.45) is 0 Å². The first-order valence-electron chi connectivity index (χ1n) is 5.11. The van der Waals surface area contributed by atoms with Crippen LogP contribution in [0.25, 0.3) is 0 Å². The summed E-state index contributed by atoms with van der Waals surface area (Å²) in [5.41, 5.74) is 5.29. The number of pyridine rings is 1. The summed E-state index contributed by atoms with van der Waals surface area (Å²) in [6.45, 7) is -0.492. The van der Waals surface area contributed by atoms with Crippen molar-refractivity contribution < 1.29 is 19.3 Å². The Hall–Kier alpha value is -1.68. The summed E-state index contributed by atoms with van der Waals surface area (Å²) in [4.78, 5) is 25.4. The number of hydrogen-bond acceptors (Lipinski definition) is 4. The van der Waals surface area contributed by atoms with E-state index in [1.807, 2.05) is 0 Å². The molecule has 0 aliphatic carbocycles. The molecule has 0 fully saturated rings. The van der Waals surface area contributed by atoms with Gasteiger partial charge >= 0.3 is 11.7 Å². The number of nitrogens with one attached hydrogen (secondary N) is 2. The van der Waals surface area contributed by atoms with Gasteiger partial charge in [0.1, 0.15) is 10.0 Å². The van der Waals surface area contributed by atoms with Gasteiger partial charge in [-0.05, 0) is 11.6 Å². The molecule has 0 aliphatic heterocycles. The van der Waals surface area contributed by atoms with Crippen molar-refractivity contribution in [2.75, 3.05) is 18.9 Å². The number of hydrogen-bond donors (Lipinski definition) is 2. The number of halogens is 3. The first-order valence-corrected chi connectivity index (χ1v) is 6.24. The first-order chi connectivity index (χ1) is 9.38. The molecule has 1 aromatic heterocycles. The molecule has 0 saturated carbocycles. The average molecular weight is 338 g/mol. The zero-order valence-electron chi connectivity index (χ0n) is 9.93. The lowest BCUT2D eigenvalue weighted by molar-refractivity contribution is -0.380. The van der Waals surface area contributed by atoms with Crippen molar-refractivity contribution in [3.8, 4) is 12.3 Å². The zero-order chi connectivity index (χ0) is 15.3. The number of aromatic amines is 1. The largest absolute Gasteiger partial charge is 0.448 e. The Morgan fingerprint density at radius 2 is 2.00 bits per heavy atom. The van der Waals surface area contributed by atoms with E-state index >= 15 is 0 Å². The van der Waals surface area contributed by atoms with Gasteiger partial charge in [0, 0.05) is 0 Å². The van der Waals surface area contributed by atoms with Crippen LogP contribution in [0.2, 0.25) is 15.2 Å². The first kappa shape index (κ1) is 16.4. The molecule has 0 radical (unpaired) electrons. The molecule has 0 aliphatic rings. The van der Waals surface area contributed by atoms with Crippen molar-refractivity contribution >= 4 is 52.4 Å². The number of ether oxygens (including phenoxy) is 1. The van der Waals surface area contributed by atoms with Gasteiger partial charge < -0.3 is 15.8 Å². The van der Waals surface area contributed by atoms with Gasteiger partial charge in [0.05, 0.1) is 12.2 Å². The van der Waals surface area contributed by atoms with Gasteiger partial charge in [0.25, 0.3) is 11.1 Å². The normalized spacial score (nSPS) is 9.70. The third-order valence-corrected chi connectivity index (χ3v) is 3.21. The number of esters is 1. The van der Waals surface area contributed by atoms with Gasteiger partial charge in [0.15, 0.2) is 6.61 Å². The van der Waals surface area contributed by atoms with Crippen LogP contribution in [0.1, 0.15) is 10.5 Å². The average Bonchev–Trinajstić information content (AvgIpc) is 2.44. The Labute approximate surface area is 129 Å². The second kappa shape index (κ2) is 7.20. The SMILES string of the molecule is C#CCNC(=O)COC(=O)c1[nH+]c(Cl)c(Cl)c(N)c1Cl. The van der Waals surface area contributed by atoms with E-state index in [2.05, 4.69) is 16.2 Å². The van der Waals surface area contributed by atoms with Crippen LogP contribution in [0.4, 0.5) is 5.69 Å². The summed E-state index contributed by atoms with van der Waals surface area (Å²) in [5, 5.41) is 2.09. The molecule has 20 heavy (non-hydrogen) atoms. The number of nitrogens with two attached hydrogens (primary N) is 1. The molecule has 6 nitrogen and oxygen atoms in total. The third kappa shape index (κ3) is 3.90. The molecule has 0 spiro atoms. The van der Waals surface area contributed by atoms with Gasteiger partial charge in [-0.15, -0.1) is 6.42 Å². The third-order valence-electron chi connectivity index (χ3n) is 2.05. The number of amides is 1. The highest BCUT2D eigenvalue weighted by Crippen LogP contribution is 2.32. The highest BCUT2D eigenvalue weighted by molar-refractivity contribution is 6.45. The minimum absolute atomic E-state index is 0.0139. The fourth-order valence-corrected chi connectivity index (χ4v) is 1.72. The van der Waals surface area contributed by atoms with E-state index in [9.17, 15) is 9.59 Å². The topological polar surface area (TPSA) is 95.6 Å². The van der Waals surface area contributed by atoms with Gasteiger partial charge in [-0.2, -0.15) is 4.98 Å². The van der Waals surface area contributed by atoms with Crippen LogP contribution >= 0.6 is 34.8 Å². The molecule has 0 saturated heterocycles. The summed E-state index contributed by atoms with van der Waals surface area (Å²) in [5.74, 6) is 0.738. The van der Waals surface area contributed by atoms with Crippen LogP contribution in [0.15, 0.2) is 0 Å². The lowest BCUT2D eigenvalue weighted by atomic mass is 10.3. The number of anilines is 1. The Morgan fingerprint density at radius 1 is 1.35 bits per heavy atom. The van der Waals surface area contributed by atoms with Gasteiger partial charge in [-0.25, -0.2) is 4.79 Å². The van der Waals surface area contributed by atoms with Gasteiger partial charge in [-0.3, -0.25) is 4.79 Å². The molecule has 0 unspecified atom stereocenters. The Balaban J connectivity index is 2.79.